The van der Waals surface area contributed by atoms with Gasteiger partial charge in [0.1, 0.15) is 0 Å². The SMILES string of the molecule is CC(C)(C)c1cc(C(C)(C)C)c(Pc2ccccc2C#Cc2ccccc2)c(C(C)(C)C)c1.Cl. The van der Waals surface area contributed by atoms with Crippen molar-refractivity contribution in [1.29, 1.82) is 0 Å². The van der Waals surface area contributed by atoms with Gasteiger partial charge in [0.25, 0.3) is 0 Å². The van der Waals surface area contributed by atoms with E-state index in [1.165, 1.54) is 27.3 Å². The van der Waals surface area contributed by atoms with Crippen LogP contribution in [0.1, 0.15) is 90.1 Å². The summed E-state index contributed by atoms with van der Waals surface area (Å²) < 4.78 is 0. The van der Waals surface area contributed by atoms with Gasteiger partial charge < -0.3 is 0 Å². The Morgan fingerprint density at radius 2 is 1.09 bits per heavy atom. The molecule has 0 amide bonds. The molecule has 1 unspecified atom stereocenters. The minimum absolute atomic E-state index is 0. The molecule has 0 radical (unpaired) electrons. The van der Waals surface area contributed by atoms with E-state index in [2.05, 4.69) is 123 Å². The van der Waals surface area contributed by atoms with Crippen LogP contribution >= 0.6 is 21.0 Å². The number of halogens is 1. The Hall–Kier alpha value is -2.06. The molecular formula is C32H40ClP. The van der Waals surface area contributed by atoms with E-state index in [1.807, 2.05) is 18.2 Å². The van der Waals surface area contributed by atoms with Crippen LogP contribution in [0.4, 0.5) is 0 Å². The first-order valence-corrected chi connectivity index (χ1v) is 12.9. The minimum Gasteiger partial charge on any atom is -0.147 e. The molecule has 0 aromatic heterocycles. The van der Waals surface area contributed by atoms with Gasteiger partial charge in [-0.3, -0.25) is 0 Å². The maximum Gasteiger partial charge on any atom is 0.0326 e. The number of hydrogen-bond donors (Lipinski definition) is 0. The van der Waals surface area contributed by atoms with Gasteiger partial charge in [0.2, 0.25) is 0 Å². The Kier molecular flexibility index (Phi) is 8.86. The quantitative estimate of drug-likeness (QED) is 0.252. The first kappa shape index (κ1) is 28.2. The van der Waals surface area contributed by atoms with Crippen molar-refractivity contribution < 1.29 is 0 Å². The molecule has 0 saturated carbocycles. The molecule has 2 heteroatoms. The molecule has 0 saturated heterocycles. The molecule has 0 aliphatic heterocycles. The lowest BCUT2D eigenvalue weighted by molar-refractivity contribution is 0.554. The highest BCUT2D eigenvalue weighted by Crippen LogP contribution is 2.36. The Bertz CT molecular complexity index is 1140. The molecule has 0 spiro atoms. The molecule has 0 N–H and O–H groups in total. The predicted molar refractivity (Wildman–Crippen MR) is 156 cm³/mol. The normalized spacial score (nSPS) is 12.3. The van der Waals surface area contributed by atoms with Crippen LogP contribution < -0.4 is 10.6 Å². The lowest BCUT2D eigenvalue weighted by Gasteiger charge is -2.33. The van der Waals surface area contributed by atoms with Crippen molar-refractivity contribution in [2.45, 2.75) is 78.6 Å². The second-order valence-corrected chi connectivity index (χ2v) is 13.3. The summed E-state index contributed by atoms with van der Waals surface area (Å²) >= 11 is 0. The largest absolute Gasteiger partial charge is 0.147 e. The molecule has 0 nitrogen and oxygen atoms in total. The fourth-order valence-corrected chi connectivity index (χ4v) is 5.78. The fraction of sp³-hybridized carbons (Fsp3) is 0.375. The van der Waals surface area contributed by atoms with E-state index >= 15 is 0 Å². The van der Waals surface area contributed by atoms with Gasteiger partial charge in [0, 0.05) is 11.1 Å². The van der Waals surface area contributed by atoms with Crippen LogP contribution in [0.25, 0.3) is 0 Å². The Balaban J connectivity index is 0.00000408. The highest BCUT2D eigenvalue weighted by molar-refractivity contribution is 7.56. The van der Waals surface area contributed by atoms with E-state index < -0.39 is 0 Å². The van der Waals surface area contributed by atoms with Crippen LogP contribution in [0.2, 0.25) is 0 Å². The Morgan fingerprint density at radius 1 is 0.588 bits per heavy atom. The third-order valence-electron chi connectivity index (χ3n) is 5.92. The van der Waals surface area contributed by atoms with Crippen molar-refractivity contribution >= 4 is 31.6 Å². The summed E-state index contributed by atoms with van der Waals surface area (Å²) in [6, 6.07) is 23.8. The summed E-state index contributed by atoms with van der Waals surface area (Å²) in [4.78, 5) is 0. The van der Waals surface area contributed by atoms with Crippen molar-refractivity contribution in [3.05, 3.63) is 94.5 Å². The van der Waals surface area contributed by atoms with E-state index in [-0.39, 0.29) is 28.7 Å². The second kappa shape index (κ2) is 10.7. The van der Waals surface area contributed by atoms with Crippen molar-refractivity contribution in [2.75, 3.05) is 0 Å². The van der Waals surface area contributed by atoms with Gasteiger partial charge in [0.05, 0.1) is 0 Å². The molecule has 0 bridgehead atoms. The molecule has 3 aromatic carbocycles. The van der Waals surface area contributed by atoms with Crippen LogP contribution in [0, 0.1) is 11.8 Å². The summed E-state index contributed by atoms with van der Waals surface area (Å²) in [5.74, 6) is 6.82. The van der Waals surface area contributed by atoms with Crippen LogP contribution in [0.5, 0.6) is 0 Å². The molecule has 0 fully saturated rings. The molecule has 0 aliphatic carbocycles. The van der Waals surface area contributed by atoms with Gasteiger partial charge in [-0.1, -0.05) is 131 Å². The number of benzene rings is 3. The van der Waals surface area contributed by atoms with Crippen molar-refractivity contribution in [2.24, 2.45) is 0 Å². The summed E-state index contributed by atoms with van der Waals surface area (Å²) in [5, 5.41) is 2.80. The van der Waals surface area contributed by atoms with Crippen molar-refractivity contribution in [3.63, 3.8) is 0 Å². The van der Waals surface area contributed by atoms with E-state index in [0.717, 1.165) is 11.1 Å². The van der Waals surface area contributed by atoms with Crippen molar-refractivity contribution in [3.8, 4) is 11.8 Å². The van der Waals surface area contributed by atoms with Crippen molar-refractivity contribution in [1.82, 2.24) is 0 Å². The maximum atomic E-state index is 3.46. The molecule has 180 valence electrons. The average molecular weight is 491 g/mol. The van der Waals surface area contributed by atoms with Gasteiger partial charge in [-0.2, -0.15) is 0 Å². The zero-order chi connectivity index (χ0) is 24.4. The highest BCUT2D eigenvalue weighted by atomic mass is 35.5. The first-order chi connectivity index (χ1) is 15.3. The molecular weight excluding hydrogens is 451 g/mol. The highest BCUT2D eigenvalue weighted by Gasteiger charge is 2.29. The minimum atomic E-state index is 0. The second-order valence-electron chi connectivity index (χ2n) is 12.0. The van der Waals surface area contributed by atoms with Gasteiger partial charge in [-0.15, -0.1) is 12.4 Å². The third-order valence-corrected chi connectivity index (χ3v) is 7.42. The first-order valence-electron chi connectivity index (χ1n) is 11.9. The van der Waals surface area contributed by atoms with Crippen LogP contribution in [0.3, 0.4) is 0 Å². The molecule has 34 heavy (non-hydrogen) atoms. The summed E-state index contributed by atoms with van der Waals surface area (Å²) in [6.07, 6.45) is 0. The predicted octanol–water partition coefficient (Wildman–Crippen LogP) is 8.03. The monoisotopic (exact) mass is 490 g/mol. The van der Waals surface area contributed by atoms with Gasteiger partial charge >= 0.3 is 0 Å². The van der Waals surface area contributed by atoms with Gasteiger partial charge in [-0.05, 0) is 61.7 Å². The number of rotatable bonds is 2. The molecule has 3 aromatic rings. The molecule has 0 aliphatic rings. The van der Waals surface area contributed by atoms with Crippen LogP contribution in [-0.2, 0) is 16.2 Å². The lowest BCUT2D eigenvalue weighted by Crippen LogP contribution is -2.31. The summed E-state index contributed by atoms with van der Waals surface area (Å²) in [6.45, 7) is 21.0. The molecule has 0 heterocycles. The molecule has 1 atom stereocenters. The third kappa shape index (κ3) is 6.98. The van der Waals surface area contributed by atoms with Gasteiger partial charge in [-0.25, -0.2) is 0 Å². The van der Waals surface area contributed by atoms with E-state index in [0.29, 0.717) is 8.58 Å². The standard InChI is InChI=1S/C32H39P.ClH/c1-30(2,3)25-21-26(31(4,5)6)29(27(22-25)32(7,8)9)33-28-18-14-13-17-24(28)20-19-23-15-11-10-12-16-23;/h10-18,21-22,33H,1-9H3;1H. The maximum absolute atomic E-state index is 3.46. The van der Waals surface area contributed by atoms with Crippen LogP contribution in [0.15, 0.2) is 66.7 Å². The Labute approximate surface area is 216 Å². The zero-order valence-electron chi connectivity index (χ0n) is 22.3. The van der Waals surface area contributed by atoms with E-state index in [9.17, 15) is 0 Å². The lowest BCUT2D eigenvalue weighted by atomic mass is 9.75. The smallest absolute Gasteiger partial charge is 0.0326 e. The average Bonchev–Trinajstić information content (AvgIpc) is 2.71. The van der Waals surface area contributed by atoms with Crippen LogP contribution in [-0.4, -0.2) is 0 Å². The zero-order valence-corrected chi connectivity index (χ0v) is 24.1. The fourth-order valence-electron chi connectivity index (χ4n) is 3.89. The van der Waals surface area contributed by atoms with Gasteiger partial charge in [0.15, 0.2) is 0 Å². The summed E-state index contributed by atoms with van der Waals surface area (Å²) in [5.41, 5.74) is 6.76. The summed E-state index contributed by atoms with van der Waals surface area (Å²) in [7, 11) is 0.565. The topological polar surface area (TPSA) is 0 Å². The number of hydrogen-bond acceptors (Lipinski definition) is 0. The Morgan fingerprint density at radius 3 is 1.59 bits per heavy atom. The molecule has 3 rings (SSSR count). The van der Waals surface area contributed by atoms with E-state index in [4.69, 9.17) is 0 Å². The van der Waals surface area contributed by atoms with E-state index in [1.54, 1.807) is 0 Å².